The standard InChI is InChI=1S/C13H20N2OS2/c1-10(8-15-5-3-2-4-6-15)14-13(16)12-7-11(17)9-18-12/h7,9-10,17H,2-6,8H2,1H3,(H,14,16). The van der Waals surface area contributed by atoms with Gasteiger partial charge in [-0.3, -0.25) is 4.79 Å². The minimum absolute atomic E-state index is 0.0183. The Morgan fingerprint density at radius 1 is 1.50 bits per heavy atom. The molecule has 0 aromatic carbocycles. The summed E-state index contributed by atoms with van der Waals surface area (Å²) in [6.45, 7) is 5.35. The van der Waals surface area contributed by atoms with Gasteiger partial charge in [-0.05, 0) is 38.9 Å². The molecule has 18 heavy (non-hydrogen) atoms. The number of rotatable bonds is 4. The summed E-state index contributed by atoms with van der Waals surface area (Å²) < 4.78 is 0. The third-order valence-electron chi connectivity index (χ3n) is 3.17. The van der Waals surface area contributed by atoms with Crippen molar-refractivity contribution in [2.75, 3.05) is 19.6 Å². The Morgan fingerprint density at radius 2 is 2.22 bits per heavy atom. The van der Waals surface area contributed by atoms with Gasteiger partial charge in [0.2, 0.25) is 0 Å². The number of nitrogens with zero attached hydrogens (tertiary/aromatic N) is 1. The molecule has 1 amide bonds. The SMILES string of the molecule is CC(CN1CCCCC1)NC(=O)c1cc(S)cs1. The lowest BCUT2D eigenvalue weighted by Gasteiger charge is -2.29. The second kappa shape index (κ2) is 6.59. The molecule has 1 fully saturated rings. The molecule has 0 spiro atoms. The molecule has 2 rings (SSSR count). The molecule has 1 saturated heterocycles. The van der Waals surface area contributed by atoms with E-state index in [0.717, 1.165) is 16.3 Å². The zero-order valence-electron chi connectivity index (χ0n) is 10.7. The van der Waals surface area contributed by atoms with Gasteiger partial charge in [0.25, 0.3) is 5.91 Å². The van der Waals surface area contributed by atoms with E-state index in [2.05, 4.69) is 29.8 Å². The average Bonchev–Trinajstić information content (AvgIpc) is 2.77. The number of nitrogens with one attached hydrogen (secondary N) is 1. The van der Waals surface area contributed by atoms with E-state index in [4.69, 9.17) is 0 Å². The highest BCUT2D eigenvalue weighted by atomic mass is 32.1. The fourth-order valence-electron chi connectivity index (χ4n) is 2.32. The highest BCUT2D eigenvalue weighted by molar-refractivity contribution is 7.80. The van der Waals surface area contributed by atoms with Gasteiger partial charge in [-0.2, -0.15) is 0 Å². The van der Waals surface area contributed by atoms with Gasteiger partial charge in [-0.1, -0.05) is 6.42 Å². The van der Waals surface area contributed by atoms with E-state index in [1.807, 2.05) is 11.4 Å². The van der Waals surface area contributed by atoms with Crippen molar-refractivity contribution >= 4 is 29.9 Å². The molecule has 3 nitrogen and oxygen atoms in total. The van der Waals surface area contributed by atoms with Gasteiger partial charge in [0.15, 0.2) is 0 Å². The average molecular weight is 284 g/mol. The lowest BCUT2D eigenvalue weighted by Crippen LogP contribution is -2.43. The summed E-state index contributed by atoms with van der Waals surface area (Å²) >= 11 is 5.66. The van der Waals surface area contributed by atoms with Gasteiger partial charge in [0.1, 0.15) is 0 Å². The summed E-state index contributed by atoms with van der Waals surface area (Å²) in [5, 5.41) is 4.93. The molecule has 1 aliphatic heterocycles. The molecule has 5 heteroatoms. The first-order chi connectivity index (χ1) is 8.65. The van der Waals surface area contributed by atoms with Gasteiger partial charge < -0.3 is 10.2 Å². The quantitative estimate of drug-likeness (QED) is 0.833. The van der Waals surface area contributed by atoms with E-state index in [1.54, 1.807) is 0 Å². The van der Waals surface area contributed by atoms with E-state index in [-0.39, 0.29) is 11.9 Å². The number of thiol groups is 1. The van der Waals surface area contributed by atoms with Crippen LogP contribution in [0.1, 0.15) is 35.9 Å². The molecule has 0 radical (unpaired) electrons. The van der Waals surface area contributed by atoms with Crippen molar-refractivity contribution in [2.45, 2.75) is 37.1 Å². The van der Waals surface area contributed by atoms with Crippen molar-refractivity contribution in [3.05, 3.63) is 16.3 Å². The highest BCUT2D eigenvalue weighted by Crippen LogP contribution is 2.17. The predicted molar refractivity (Wildman–Crippen MR) is 78.8 cm³/mol. The van der Waals surface area contributed by atoms with Crippen LogP contribution in [-0.2, 0) is 0 Å². The summed E-state index contributed by atoms with van der Waals surface area (Å²) in [5.74, 6) is 0.0183. The monoisotopic (exact) mass is 284 g/mol. The van der Waals surface area contributed by atoms with E-state index < -0.39 is 0 Å². The molecular formula is C13H20N2OS2. The number of hydrogen-bond donors (Lipinski definition) is 2. The first kappa shape index (κ1) is 13.9. The van der Waals surface area contributed by atoms with Crippen molar-refractivity contribution in [2.24, 2.45) is 0 Å². The summed E-state index contributed by atoms with van der Waals surface area (Å²) in [6, 6.07) is 2.01. The fraction of sp³-hybridized carbons (Fsp3) is 0.615. The lowest BCUT2D eigenvalue weighted by molar-refractivity contribution is 0.0929. The van der Waals surface area contributed by atoms with E-state index >= 15 is 0 Å². The van der Waals surface area contributed by atoms with Crippen molar-refractivity contribution in [3.63, 3.8) is 0 Å². The Morgan fingerprint density at radius 3 is 2.83 bits per heavy atom. The van der Waals surface area contributed by atoms with Gasteiger partial charge in [0, 0.05) is 22.9 Å². The molecule has 2 heterocycles. The van der Waals surface area contributed by atoms with Crippen LogP contribution in [0, 0.1) is 0 Å². The Labute approximate surface area is 118 Å². The van der Waals surface area contributed by atoms with Gasteiger partial charge in [-0.15, -0.1) is 24.0 Å². The van der Waals surface area contributed by atoms with Crippen molar-refractivity contribution < 1.29 is 4.79 Å². The molecule has 0 aliphatic carbocycles. The van der Waals surface area contributed by atoms with Gasteiger partial charge in [0.05, 0.1) is 4.88 Å². The molecule has 1 aromatic rings. The topological polar surface area (TPSA) is 32.3 Å². The number of amides is 1. The van der Waals surface area contributed by atoms with E-state index in [1.165, 1.54) is 43.7 Å². The first-order valence-corrected chi connectivity index (χ1v) is 7.78. The Bertz CT molecular complexity index is 399. The van der Waals surface area contributed by atoms with Crippen molar-refractivity contribution in [3.8, 4) is 0 Å². The van der Waals surface area contributed by atoms with Crippen LogP contribution in [0.4, 0.5) is 0 Å². The maximum atomic E-state index is 12.0. The first-order valence-electron chi connectivity index (χ1n) is 6.46. The minimum Gasteiger partial charge on any atom is -0.348 e. The normalized spacial score (nSPS) is 18.6. The van der Waals surface area contributed by atoms with E-state index in [0.29, 0.717) is 0 Å². The van der Waals surface area contributed by atoms with Crippen LogP contribution in [0.25, 0.3) is 0 Å². The summed E-state index contributed by atoms with van der Waals surface area (Å²) in [6.07, 6.45) is 3.92. The number of carbonyl (C=O) groups excluding carboxylic acids is 1. The second-order valence-corrected chi connectivity index (χ2v) is 6.33. The maximum Gasteiger partial charge on any atom is 0.261 e. The molecule has 1 aromatic heterocycles. The molecular weight excluding hydrogens is 264 g/mol. The Hall–Kier alpha value is -0.520. The lowest BCUT2D eigenvalue weighted by atomic mass is 10.1. The maximum absolute atomic E-state index is 12.0. The molecule has 0 bridgehead atoms. The molecule has 100 valence electrons. The van der Waals surface area contributed by atoms with Crippen LogP contribution >= 0.6 is 24.0 Å². The van der Waals surface area contributed by atoms with E-state index in [9.17, 15) is 4.79 Å². The van der Waals surface area contributed by atoms with Gasteiger partial charge in [-0.25, -0.2) is 0 Å². The zero-order chi connectivity index (χ0) is 13.0. The van der Waals surface area contributed by atoms with Crippen LogP contribution in [0.5, 0.6) is 0 Å². The zero-order valence-corrected chi connectivity index (χ0v) is 12.4. The highest BCUT2D eigenvalue weighted by Gasteiger charge is 2.16. The van der Waals surface area contributed by atoms with Crippen LogP contribution in [0.3, 0.4) is 0 Å². The summed E-state index contributed by atoms with van der Waals surface area (Å²) in [5.41, 5.74) is 0. The number of carbonyl (C=O) groups is 1. The van der Waals surface area contributed by atoms with Crippen LogP contribution in [0.2, 0.25) is 0 Å². The number of hydrogen-bond acceptors (Lipinski definition) is 4. The van der Waals surface area contributed by atoms with Crippen LogP contribution in [-0.4, -0.2) is 36.5 Å². The van der Waals surface area contributed by atoms with Crippen LogP contribution < -0.4 is 5.32 Å². The third-order valence-corrected chi connectivity index (χ3v) is 4.53. The number of thiophene rings is 1. The van der Waals surface area contributed by atoms with Crippen molar-refractivity contribution in [1.29, 1.82) is 0 Å². The largest absolute Gasteiger partial charge is 0.348 e. The molecule has 1 aliphatic rings. The second-order valence-electron chi connectivity index (χ2n) is 4.90. The Kier molecular flexibility index (Phi) is 5.09. The Balaban J connectivity index is 1.79. The predicted octanol–water partition coefficient (Wildman–Crippen LogP) is 2.64. The number of likely N-dealkylation sites (tertiary alicyclic amines) is 1. The summed E-state index contributed by atoms with van der Waals surface area (Å²) in [7, 11) is 0. The molecule has 1 atom stereocenters. The van der Waals surface area contributed by atoms with Crippen molar-refractivity contribution in [1.82, 2.24) is 10.2 Å². The minimum atomic E-state index is 0.0183. The van der Waals surface area contributed by atoms with Crippen LogP contribution in [0.15, 0.2) is 16.3 Å². The van der Waals surface area contributed by atoms with Gasteiger partial charge >= 0.3 is 0 Å². The number of piperidine rings is 1. The smallest absolute Gasteiger partial charge is 0.261 e. The third kappa shape index (κ3) is 4.00. The molecule has 1 unspecified atom stereocenters. The summed E-state index contributed by atoms with van der Waals surface area (Å²) in [4.78, 5) is 16.0. The fourth-order valence-corrected chi connectivity index (χ4v) is 3.37. The molecule has 0 saturated carbocycles. The molecule has 1 N–H and O–H groups in total.